The maximum Gasteiger partial charge on any atom is 0.0540 e. The van der Waals surface area contributed by atoms with Crippen LogP contribution in [0, 0.1) is 13.8 Å². The molecule has 4 aromatic rings. The Balaban J connectivity index is 2.03. The van der Waals surface area contributed by atoms with Gasteiger partial charge in [0.2, 0.25) is 0 Å². The molecule has 0 amide bonds. The van der Waals surface area contributed by atoms with Crippen molar-refractivity contribution in [3.8, 4) is 5.69 Å². The van der Waals surface area contributed by atoms with Crippen LogP contribution >= 0.6 is 0 Å². The third-order valence-corrected chi connectivity index (χ3v) is 5.27. The van der Waals surface area contributed by atoms with Crippen LogP contribution in [0.4, 0.5) is 0 Å². The largest absolute Gasteiger partial charge is 0.310 e. The van der Waals surface area contributed by atoms with Crippen molar-refractivity contribution in [1.82, 2.24) is 4.57 Å². The number of para-hydroxylation sites is 1. The molecular formula is C26H25N. The molecule has 1 nitrogen and oxygen atoms in total. The van der Waals surface area contributed by atoms with E-state index in [1.807, 2.05) is 0 Å². The van der Waals surface area contributed by atoms with E-state index in [4.69, 9.17) is 0 Å². The van der Waals surface area contributed by atoms with Crippen LogP contribution in [0.15, 0.2) is 78.9 Å². The van der Waals surface area contributed by atoms with Crippen LogP contribution < -0.4 is 0 Å². The Morgan fingerprint density at radius 3 is 2.19 bits per heavy atom. The molecule has 0 N–H and O–H groups in total. The Morgan fingerprint density at radius 2 is 1.52 bits per heavy atom. The lowest BCUT2D eigenvalue weighted by atomic mass is 10.0. The highest BCUT2D eigenvalue weighted by Gasteiger charge is 2.15. The van der Waals surface area contributed by atoms with Crippen LogP contribution in [0.3, 0.4) is 0 Å². The number of aryl methyl sites for hydroxylation is 2. The fraction of sp³-hybridized carbons (Fsp3) is 0.154. The van der Waals surface area contributed by atoms with Crippen molar-refractivity contribution in [1.29, 1.82) is 0 Å². The minimum absolute atomic E-state index is 0.999. The molecule has 0 fully saturated rings. The molecule has 1 heteroatoms. The minimum Gasteiger partial charge on any atom is -0.310 e. The number of aromatic nitrogens is 1. The lowest BCUT2D eigenvalue weighted by molar-refractivity contribution is 1.09. The maximum absolute atomic E-state index is 2.40. The smallest absolute Gasteiger partial charge is 0.0540 e. The highest BCUT2D eigenvalue weighted by molar-refractivity contribution is 5.93. The molecule has 27 heavy (non-hydrogen) atoms. The second-order valence-electron chi connectivity index (χ2n) is 7.09. The zero-order valence-electron chi connectivity index (χ0n) is 16.2. The molecule has 0 aliphatic rings. The number of allylic oxidation sites excluding steroid dienone is 1. The van der Waals surface area contributed by atoms with Gasteiger partial charge in [0, 0.05) is 11.1 Å². The summed E-state index contributed by atoms with van der Waals surface area (Å²) < 4.78 is 2.40. The molecule has 4 rings (SSSR count). The molecule has 0 unspecified atom stereocenters. The van der Waals surface area contributed by atoms with Gasteiger partial charge in [-0.15, -0.1) is 0 Å². The van der Waals surface area contributed by atoms with Gasteiger partial charge in [-0.1, -0.05) is 67.6 Å². The summed E-state index contributed by atoms with van der Waals surface area (Å²) in [6.07, 6.45) is 3.37. The first-order valence-corrected chi connectivity index (χ1v) is 9.62. The molecule has 1 aromatic heterocycles. The Kier molecular flexibility index (Phi) is 4.68. The number of hydrogen-bond acceptors (Lipinski definition) is 0. The topological polar surface area (TPSA) is 4.93 Å². The molecule has 0 aliphatic heterocycles. The standard InChI is InChI=1S/C26H25N/c1-4-21(22-11-7-5-8-12-22)18-25-20(3)24-16-15-19(2)17-26(24)27(25)23-13-9-6-10-14-23/h5-18H,4H2,1-3H3. The second kappa shape index (κ2) is 7.28. The van der Waals surface area contributed by atoms with Gasteiger partial charge in [-0.2, -0.15) is 0 Å². The van der Waals surface area contributed by atoms with Crippen molar-refractivity contribution in [2.45, 2.75) is 27.2 Å². The molecular weight excluding hydrogens is 326 g/mol. The highest BCUT2D eigenvalue weighted by atomic mass is 15.0. The third kappa shape index (κ3) is 3.21. The number of benzene rings is 3. The SMILES string of the molecule is CCC(=Cc1c(C)c2ccc(C)cc2n1-c1ccccc1)c1ccccc1. The Morgan fingerprint density at radius 1 is 0.852 bits per heavy atom. The molecule has 0 radical (unpaired) electrons. The van der Waals surface area contributed by atoms with E-state index in [9.17, 15) is 0 Å². The molecule has 0 atom stereocenters. The summed E-state index contributed by atoms with van der Waals surface area (Å²) in [5.41, 5.74) is 9.00. The normalized spacial score (nSPS) is 11.9. The molecule has 0 saturated heterocycles. The molecule has 3 aromatic carbocycles. The van der Waals surface area contributed by atoms with E-state index in [0.717, 1.165) is 6.42 Å². The Bertz CT molecular complexity index is 1100. The van der Waals surface area contributed by atoms with Crippen molar-refractivity contribution in [3.63, 3.8) is 0 Å². The fourth-order valence-corrected chi connectivity index (χ4v) is 3.81. The zero-order valence-corrected chi connectivity index (χ0v) is 16.2. The van der Waals surface area contributed by atoms with Gasteiger partial charge in [-0.3, -0.25) is 0 Å². The van der Waals surface area contributed by atoms with Crippen LogP contribution in [0.25, 0.3) is 28.2 Å². The summed E-state index contributed by atoms with van der Waals surface area (Å²) in [5.74, 6) is 0. The van der Waals surface area contributed by atoms with E-state index < -0.39 is 0 Å². The van der Waals surface area contributed by atoms with E-state index >= 15 is 0 Å². The fourth-order valence-electron chi connectivity index (χ4n) is 3.81. The molecule has 0 aliphatic carbocycles. The lowest BCUT2D eigenvalue weighted by Crippen LogP contribution is -1.98. The zero-order chi connectivity index (χ0) is 18.8. The average Bonchev–Trinajstić information content (AvgIpc) is 2.98. The van der Waals surface area contributed by atoms with Gasteiger partial charge in [-0.25, -0.2) is 0 Å². The summed E-state index contributed by atoms with van der Waals surface area (Å²) in [6, 6.07) is 28.1. The van der Waals surface area contributed by atoms with E-state index in [0.29, 0.717) is 0 Å². The highest BCUT2D eigenvalue weighted by Crippen LogP contribution is 2.33. The van der Waals surface area contributed by atoms with E-state index in [1.54, 1.807) is 0 Å². The Labute approximate surface area is 161 Å². The molecule has 1 heterocycles. The molecule has 0 spiro atoms. The molecule has 134 valence electrons. The van der Waals surface area contributed by atoms with Crippen molar-refractivity contribution >= 4 is 22.6 Å². The van der Waals surface area contributed by atoms with Crippen molar-refractivity contribution in [2.24, 2.45) is 0 Å². The first-order chi connectivity index (χ1) is 13.2. The number of fused-ring (bicyclic) bond motifs is 1. The number of rotatable bonds is 4. The van der Waals surface area contributed by atoms with Gasteiger partial charge in [0.15, 0.2) is 0 Å². The summed E-state index contributed by atoms with van der Waals surface area (Å²) in [6.45, 7) is 6.63. The average molecular weight is 351 g/mol. The van der Waals surface area contributed by atoms with Crippen LogP contribution in [0.1, 0.15) is 35.7 Å². The predicted octanol–water partition coefficient (Wildman–Crippen LogP) is 7.20. The summed E-state index contributed by atoms with van der Waals surface area (Å²) in [7, 11) is 0. The maximum atomic E-state index is 2.40. The number of nitrogens with zero attached hydrogens (tertiary/aromatic N) is 1. The van der Waals surface area contributed by atoms with Gasteiger partial charge in [0.1, 0.15) is 0 Å². The predicted molar refractivity (Wildman–Crippen MR) is 117 cm³/mol. The van der Waals surface area contributed by atoms with Gasteiger partial charge >= 0.3 is 0 Å². The summed E-state index contributed by atoms with van der Waals surface area (Å²) in [4.78, 5) is 0. The quantitative estimate of drug-likeness (QED) is 0.366. The van der Waals surface area contributed by atoms with Gasteiger partial charge in [0.05, 0.1) is 11.2 Å². The minimum atomic E-state index is 0.999. The van der Waals surface area contributed by atoms with Gasteiger partial charge < -0.3 is 4.57 Å². The van der Waals surface area contributed by atoms with Gasteiger partial charge in [0.25, 0.3) is 0 Å². The number of hydrogen-bond donors (Lipinski definition) is 0. The van der Waals surface area contributed by atoms with E-state index in [1.165, 1.54) is 44.5 Å². The monoisotopic (exact) mass is 351 g/mol. The lowest BCUT2D eigenvalue weighted by Gasteiger charge is -2.12. The van der Waals surface area contributed by atoms with Crippen LogP contribution in [-0.4, -0.2) is 4.57 Å². The van der Waals surface area contributed by atoms with Crippen molar-refractivity contribution in [3.05, 3.63) is 101 Å². The van der Waals surface area contributed by atoms with Crippen LogP contribution in [0.2, 0.25) is 0 Å². The summed E-state index contributed by atoms with van der Waals surface area (Å²) >= 11 is 0. The van der Waals surface area contributed by atoms with E-state index in [2.05, 4.69) is 110 Å². The Hall–Kier alpha value is -3.06. The van der Waals surface area contributed by atoms with Crippen LogP contribution in [0.5, 0.6) is 0 Å². The first-order valence-electron chi connectivity index (χ1n) is 9.62. The van der Waals surface area contributed by atoms with Crippen molar-refractivity contribution in [2.75, 3.05) is 0 Å². The molecule has 0 bridgehead atoms. The second-order valence-corrected chi connectivity index (χ2v) is 7.09. The summed E-state index contributed by atoms with van der Waals surface area (Å²) in [5, 5.41) is 1.32. The van der Waals surface area contributed by atoms with Crippen LogP contribution in [-0.2, 0) is 0 Å². The molecule has 0 saturated carbocycles. The van der Waals surface area contributed by atoms with Crippen molar-refractivity contribution < 1.29 is 0 Å². The first kappa shape index (κ1) is 17.4. The van der Waals surface area contributed by atoms with Gasteiger partial charge in [-0.05, 0) is 66.8 Å². The third-order valence-electron chi connectivity index (χ3n) is 5.27. The van der Waals surface area contributed by atoms with E-state index in [-0.39, 0.29) is 0 Å².